The van der Waals surface area contributed by atoms with Gasteiger partial charge in [0.2, 0.25) is 0 Å². The molecule has 2 rings (SSSR count). The highest BCUT2D eigenvalue weighted by Gasteiger charge is 2.28. The largest absolute Gasteiger partial charge is 0.392 e. The first-order valence-electron chi connectivity index (χ1n) is 7.19. The molecule has 0 radical (unpaired) electrons. The molecule has 1 saturated carbocycles. The second-order valence-electron chi connectivity index (χ2n) is 6.14. The van der Waals surface area contributed by atoms with E-state index in [9.17, 15) is 5.11 Å². The molecular weight excluding hydrogens is 214 g/mol. The van der Waals surface area contributed by atoms with Crippen molar-refractivity contribution in [3.05, 3.63) is 0 Å². The van der Waals surface area contributed by atoms with Gasteiger partial charge in [0.1, 0.15) is 0 Å². The fourth-order valence-corrected chi connectivity index (χ4v) is 3.15. The highest BCUT2D eigenvalue weighted by molar-refractivity contribution is 4.86. The maximum absolute atomic E-state index is 10.1. The van der Waals surface area contributed by atoms with E-state index in [0.717, 1.165) is 44.9 Å². The van der Waals surface area contributed by atoms with Crippen LogP contribution in [-0.2, 0) is 4.74 Å². The van der Waals surface area contributed by atoms with Crippen LogP contribution in [0.1, 0.15) is 51.9 Å². The van der Waals surface area contributed by atoms with E-state index in [1.54, 1.807) is 0 Å². The molecule has 0 spiro atoms. The average molecular weight is 241 g/mol. The zero-order valence-corrected chi connectivity index (χ0v) is 11.1. The summed E-state index contributed by atoms with van der Waals surface area (Å²) in [6, 6.07) is 0. The van der Waals surface area contributed by atoms with Gasteiger partial charge in [-0.25, -0.2) is 0 Å². The maximum atomic E-state index is 10.1. The molecule has 100 valence electrons. The molecule has 2 atom stereocenters. The van der Waals surface area contributed by atoms with Crippen molar-refractivity contribution in [2.45, 2.75) is 63.5 Å². The lowest BCUT2D eigenvalue weighted by Gasteiger charge is -2.35. The Balaban J connectivity index is 1.65. The van der Waals surface area contributed by atoms with Crippen LogP contribution in [0.3, 0.4) is 0 Å². The number of hydrogen-bond acceptors (Lipinski definition) is 3. The molecule has 0 bridgehead atoms. The Kier molecular flexibility index (Phi) is 4.83. The smallest absolute Gasteiger partial charge is 0.0667 e. The summed E-state index contributed by atoms with van der Waals surface area (Å²) in [5, 5.41) is 13.5. The van der Waals surface area contributed by atoms with Gasteiger partial charge in [-0.05, 0) is 32.1 Å². The van der Waals surface area contributed by atoms with Crippen molar-refractivity contribution in [1.82, 2.24) is 5.32 Å². The van der Waals surface area contributed by atoms with Crippen LogP contribution in [0.15, 0.2) is 0 Å². The molecule has 1 aliphatic carbocycles. The van der Waals surface area contributed by atoms with Crippen LogP contribution in [0.5, 0.6) is 0 Å². The van der Waals surface area contributed by atoms with Gasteiger partial charge in [0, 0.05) is 18.7 Å². The minimum Gasteiger partial charge on any atom is -0.392 e. The van der Waals surface area contributed by atoms with E-state index in [4.69, 9.17) is 4.74 Å². The fourth-order valence-electron chi connectivity index (χ4n) is 3.15. The summed E-state index contributed by atoms with van der Waals surface area (Å²) in [6.45, 7) is 4.59. The van der Waals surface area contributed by atoms with Crippen LogP contribution < -0.4 is 5.32 Å². The van der Waals surface area contributed by atoms with Gasteiger partial charge in [-0.1, -0.05) is 25.7 Å². The van der Waals surface area contributed by atoms with Crippen molar-refractivity contribution >= 4 is 0 Å². The van der Waals surface area contributed by atoms with Gasteiger partial charge in [0.05, 0.1) is 12.7 Å². The van der Waals surface area contributed by atoms with E-state index in [2.05, 4.69) is 12.2 Å². The number of nitrogens with one attached hydrogen (secondary N) is 1. The van der Waals surface area contributed by atoms with Crippen LogP contribution in [0.25, 0.3) is 0 Å². The molecule has 1 aliphatic heterocycles. The molecule has 1 saturated heterocycles. The summed E-state index contributed by atoms with van der Waals surface area (Å²) in [5.74, 6) is 0.766. The molecule has 17 heavy (non-hydrogen) atoms. The Morgan fingerprint density at radius 3 is 2.76 bits per heavy atom. The van der Waals surface area contributed by atoms with Crippen LogP contribution in [0.4, 0.5) is 0 Å². The Labute approximate surface area is 105 Å². The predicted octanol–water partition coefficient (Wildman–Crippen LogP) is 2.09. The maximum Gasteiger partial charge on any atom is 0.0667 e. The molecule has 2 aliphatic rings. The number of ether oxygens (including phenoxy) is 1. The Morgan fingerprint density at radius 2 is 2.12 bits per heavy atom. The number of aliphatic hydroxyl groups excluding tert-OH is 1. The standard InChI is InChI=1S/C14H27NO2/c1-14(7-4-8-17-11-14)15-10-13(16)9-12-5-2-3-6-12/h12-13,15-16H,2-11H2,1H3. The first-order chi connectivity index (χ1) is 8.18. The first kappa shape index (κ1) is 13.3. The third-order valence-electron chi connectivity index (χ3n) is 4.28. The molecule has 0 amide bonds. The Hall–Kier alpha value is -0.120. The quantitative estimate of drug-likeness (QED) is 0.774. The lowest BCUT2D eigenvalue weighted by Crippen LogP contribution is -2.51. The van der Waals surface area contributed by atoms with Crippen molar-refractivity contribution in [2.75, 3.05) is 19.8 Å². The zero-order chi connectivity index (χ0) is 12.1. The van der Waals surface area contributed by atoms with Gasteiger partial charge in [0.25, 0.3) is 0 Å². The van der Waals surface area contributed by atoms with E-state index < -0.39 is 0 Å². The lowest BCUT2D eigenvalue weighted by molar-refractivity contribution is 0.0206. The van der Waals surface area contributed by atoms with E-state index >= 15 is 0 Å². The van der Waals surface area contributed by atoms with Crippen LogP contribution >= 0.6 is 0 Å². The molecule has 0 aromatic rings. The van der Waals surface area contributed by atoms with Gasteiger partial charge in [-0.15, -0.1) is 0 Å². The van der Waals surface area contributed by atoms with E-state index in [0.29, 0.717) is 0 Å². The monoisotopic (exact) mass is 241 g/mol. The minimum absolute atomic E-state index is 0.0783. The van der Waals surface area contributed by atoms with Crippen LogP contribution in [0.2, 0.25) is 0 Å². The highest BCUT2D eigenvalue weighted by atomic mass is 16.5. The number of β-amino-alcohol motifs (C(OH)–C–C–N with tert-alkyl or cyclic N) is 1. The van der Waals surface area contributed by atoms with Gasteiger partial charge in [0.15, 0.2) is 0 Å². The van der Waals surface area contributed by atoms with Gasteiger partial charge in [-0.3, -0.25) is 0 Å². The normalized spacial score (nSPS) is 32.8. The molecule has 0 aromatic carbocycles. The van der Waals surface area contributed by atoms with Gasteiger partial charge < -0.3 is 15.2 Å². The molecule has 2 fully saturated rings. The molecule has 2 unspecified atom stereocenters. The summed E-state index contributed by atoms with van der Waals surface area (Å²) in [5.41, 5.74) is 0.0783. The molecular formula is C14H27NO2. The third kappa shape index (κ3) is 4.23. The average Bonchev–Trinajstić information content (AvgIpc) is 2.80. The van der Waals surface area contributed by atoms with Crippen molar-refractivity contribution in [1.29, 1.82) is 0 Å². The van der Waals surface area contributed by atoms with E-state index in [-0.39, 0.29) is 11.6 Å². The highest BCUT2D eigenvalue weighted by Crippen LogP contribution is 2.28. The Bertz CT molecular complexity index is 220. The minimum atomic E-state index is -0.183. The van der Waals surface area contributed by atoms with Crippen LogP contribution in [0, 0.1) is 5.92 Å². The number of hydrogen-bond donors (Lipinski definition) is 2. The van der Waals surface area contributed by atoms with Crippen LogP contribution in [-0.4, -0.2) is 36.5 Å². The van der Waals surface area contributed by atoms with Crippen molar-refractivity contribution < 1.29 is 9.84 Å². The third-order valence-corrected chi connectivity index (χ3v) is 4.28. The summed E-state index contributed by atoms with van der Waals surface area (Å²) in [7, 11) is 0. The summed E-state index contributed by atoms with van der Waals surface area (Å²) in [6.07, 6.45) is 8.42. The number of rotatable bonds is 5. The topological polar surface area (TPSA) is 41.5 Å². The molecule has 1 heterocycles. The SMILES string of the molecule is CC1(NCC(O)CC2CCCC2)CCCOC1. The lowest BCUT2D eigenvalue weighted by atomic mass is 9.94. The summed E-state index contributed by atoms with van der Waals surface area (Å²) < 4.78 is 5.51. The second-order valence-corrected chi connectivity index (χ2v) is 6.14. The van der Waals surface area contributed by atoms with Crippen molar-refractivity contribution in [3.63, 3.8) is 0 Å². The molecule has 3 heteroatoms. The Morgan fingerprint density at radius 1 is 1.35 bits per heavy atom. The fraction of sp³-hybridized carbons (Fsp3) is 1.00. The number of aliphatic hydroxyl groups is 1. The van der Waals surface area contributed by atoms with Gasteiger partial charge in [-0.2, -0.15) is 0 Å². The molecule has 3 nitrogen and oxygen atoms in total. The summed E-state index contributed by atoms with van der Waals surface area (Å²) >= 11 is 0. The molecule has 0 aromatic heterocycles. The second kappa shape index (κ2) is 6.17. The van der Waals surface area contributed by atoms with Crippen molar-refractivity contribution in [3.8, 4) is 0 Å². The summed E-state index contributed by atoms with van der Waals surface area (Å²) in [4.78, 5) is 0. The van der Waals surface area contributed by atoms with Gasteiger partial charge >= 0.3 is 0 Å². The first-order valence-corrected chi connectivity index (χ1v) is 7.19. The molecule has 2 N–H and O–H groups in total. The van der Waals surface area contributed by atoms with E-state index in [1.807, 2.05) is 0 Å². The van der Waals surface area contributed by atoms with Crippen molar-refractivity contribution in [2.24, 2.45) is 5.92 Å². The predicted molar refractivity (Wildman–Crippen MR) is 69.0 cm³/mol. The van der Waals surface area contributed by atoms with E-state index in [1.165, 1.54) is 25.7 Å². The zero-order valence-electron chi connectivity index (χ0n) is 11.1.